The van der Waals surface area contributed by atoms with Crippen molar-refractivity contribution in [2.45, 2.75) is 27.2 Å². The molecule has 0 saturated carbocycles. The first-order chi connectivity index (χ1) is 6.63. The van der Waals surface area contributed by atoms with Crippen molar-refractivity contribution in [1.29, 1.82) is 0 Å². The molecule has 0 aliphatic rings. The monoisotopic (exact) mass is 192 g/mol. The molecule has 2 heterocycles. The van der Waals surface area contributed by atoms with Gasteiger partial charge in [-0.3, -0.25) is 0 Å². The molecule has 3 heteroatoms. The fourth-order valence-corrected chi connectivity index (χ4v) is 1.76. The van der Waals surface area contributed by atoms with E-state index in [1.165, 1.54) is 0 Å². The average molecular weight is 192 g/mol. The molecule has 0 radical (unpaired) electrons. The molecule has 0 bridgehead atoms. The number of rotatable bonds is 1. The fourth-order valence-electron chi connectivity index (χ4n) is 1.76. The van der Waals surface area contributed by atoms with Crippen molar-refractivity contribution in [2.24, 2.45) is 0 Å². The third-order valence-corrected chi connectivity index (χ3v) is 2.55. The first kappa shape index (κ1) is 9.19. The molecular formula is C11H13FN2. The Morgan fingerprint density at radius 3 is 2.79 bits per heavy atom. The number of aryl methyl sites for hydroxylation is 3. The minimum absolute atomic E-state index is 0.236. The maximum atomic E-state index is 13.5. The predicted octanol–water partition coefficient (Wildman–Crippen LogP) is 2.65. The van der Waals surface area contributed by atoms with Crippen LogP contribution >= 0.6 is 0 Å². The highest BCUT2D eigenvalue weighted by atomic mass is 19.1. The molecular weight excluding hydrogens is 179 g/mol. The number of fused-ring (bicyclic) bond motifs is 1. The van der Waals surface area contributed by atoms with Gasteiger partial charge in [0.15, 0.2) is 11.5 Å². The third kappa shape index (κ3) is 1.20. The maximum Gasteiger partial charge on any atom is 0.173 e. The van der Waals surface area contributed by atoms with E-state index in [0.29, 0.717) is 5.65 Å². The van der Waals surface area contributed by atoms with Crippen LogP contribution in [0.2, 0.25) is 0 Å². The van der Waals surface area contributed by atoms with Crippen LogP contribution in [0.1, 0.15) is 23.9 Å². The van der Waals surface area contributed by atoms with E-state index in [-0.39, 0.29) is 5.82 Å². The lowest BCUT2D eigenvalue weighted by molar-refractivity contribution is 0.625. The van der Waals surface area contributed by atoms with Gasteiger partial charge >= 0.3 is 0 Å². The molecule has 0 aromatic carbocycles. The van der Waals surface area contributed by atoms with Crippen molar-refractivity contribution in [2.75, 3.05) is 0 Å². The molecule has 0 amide bonds. The molecule has 0 spiro atoms. The minimum atomic E-state index is -0.236. The molecule has 0 aliphatic heterocycles. The summed E-state index contributed by atoms with van der Waals surface area (Å²) in [5.41, 5.74) is 3.38. The topological polar surface area (TPSA) is 17.3 Å². The van der Waals surface area contributed by atoms with Crippen LogP contribution in [0, 0.1) is 19.7 Å². The molecule has 0 aliphatic carbocycles. The van der Waals surface area contributed by atoms with E-state index in [2.05, 4.69) is 4.98 Å². The first-order valence-electron chi connectivity index (χ1n) is 4.77. The van der Waals surface area contributed by atoms with E-state index in [1.807, 2.05) is 31.4 Å². The molecule has 0 unspecified atom stereocenters. The smallest absolute Gasteiger partial charge is 0.173 e. The summed E-state index contributed by atoms with van der Waals surface area (Å²) in [5, 5.41) is 0. The van der Waals surface area contributed by atoms with Crippen LogP contribution in [0.3, 0.4) is 0 Å². The summed E-state index contributed by atoms with van der Waals surface area (Å²) in [4.78, 5) is 4.14. The Morgan fingerprint density at radius 1 is 1.43 bits per heavy atom. The standard InChI is InChI=1S/C11H13FN2/c1-4-9-5-10(12)11-13-7(2)6-14(11)8(9)3/h5-6H,4H2,1-3H3. The van der Waals surface area contributed by atoms with Crippen LogP contribution in [-0.4, -0.2) is 9.38 Å². The Bertz CT molecular complexity index is 485. The van der Waals surface area contributed by atoms with E-state index < -0.39 is 0 Å². The molecule has 0 saturated heterocycles. The molecule has 0 fully saturated rings. The van der Waals surface area contributed by atoms with Gasteiger partial charge in [0.2, 0.25) is 0 Å². The van der Waals surface area contributed by atoms with Crippen LogP contribution in [0.15, 0.2) is 12.3 Å². The predicted molar refractivity (Wildman–Crippen MR) is 54.0 cm³/mol. The van der Waals surface area contributed by atoms with Crippen molar-refractivity contribution in [3.05, 3.63) is 35.0 Å². The van der Waals surface area contributed by atoms with Gasteiger partial charge < -0.3 is 4.40 Å². The van der Waals surface area contributed by atoms with Gasteiger partial charge in [-0.15, -0.1) is 0 Å². The lowest BCUT2D eigenvalue weighted by Gasteiger charge is -2.06. The lowest BCUT2D eigenvalue weighted by atomic mass is 10.1. The van der Waals surface area contributed by atoms with Crippen LogP contribution in [0.25, 0.3) is 5.65 Å². The van der Waals surface area contributed by atoms with Gasteiger partial charge in [-0.2, -0.15) is 0 Å². The van der Waals surface area contributed by atoms with Gasteiger partial charge in [0.05, 0.1) is 5.69 Å². The summed E-state index contributed by atoms with van der Waals surface area (Å²) in [7, 11) is 0. The van der Waals surface area contributed by atoms with Crippen LogP contribution in [0.5, 0.6) is 0 Å². The molecule has 0 atom stereocenters. The van der Waals surface area contributed by atoms with Gasteiger partial charge in [-0.1, -0.05) is 6.92 Å². The Hall–Kier alpha value is -1.38. The maximum absolute atomic E-state index is 13.5. The van der Waals surface area contributed by atoms with E-state index in [9.17, 15) is 4.39 Å². The number of halogens is 1. The Kier molecular flexibility index (Phi) is 2.02. The summed E-state index contributed by atoms with van der Waals surface area (Å²) in [6, 6.07) is 1.58. The van der Waals surface area contributed by atoms with Crippen molar-refractivity contribution in [3.63, 3.8) is 0 Å². The molecule has 2 aromatic heterocycles. The van der Waals surface area contributed by atoms with Crippen molar-refractivity contribution in [3.8, 4) is 0 Å². The number of pyridine rings is 1. The minimum Gasteiger partial charge on any atom is -0.301 e. The van der Waals surface area contributed by atoms with Crippen LogP contribution in [-0.2, 0) is 6.42 Å². The molecule has 2 rings (SSSR count). The van der Waals surface area contributed by atoms with Gasteiger partial charge in [-0.05, 0) is 31.9 Å². The fraction of sp³-hybridized carbons (Fsp3) is 0.364. The molecule has 0 N–H and O–H groups in total. The Labute approximate surface area is 82.4 Å². The largest absolute Gasteiger partial charge is 0.301 e. The van der Waals surface area contributed by atoms with Crippen molar-refractivity contribution < 1.29 is 4.39 Å². The van der Waals surface area contributed by atoms with Crippen LogP contribution < -0.4 is 0 Å². The number of hydrogen-bond acceptors (Lipinski definition) is 1. The second-order valence-corrected chi connectivity index (χ2v) is 3.53. The Morgan fingerprint density at radius 2 is 2.14 bits per heavy atom. The second-order valence-electron chi connectivity index (χ2n) is 3.53. The van der Waals surface area contributed by atoms with Gasteiger partial charge in [0.1, 0.15) is 0 Å². The van der Waals surface area contributed by atoms with E-state index in [0.717, 1.165) is 23.4 Å². The highest BCUT2D eigenvalue weighted by Crippen LogP contribution is 2.17. The Balaban J connectivity index is 2.86. The second kappa shape index (κ2) is 3.08. The van der Waals surface area contributed by atoms with Gasteiger partial charge in [0.25, 0.3) is 0 Å². The summed E-state index contributed by atoms with van der Waals surface area (Å²) >= 11 is 0. The van der Waals surface area contributed by atoms with E-state index >= 15 is 0 Å². The zero-order valence-corrected chi connectivity index (χ0v) is 8.63. The number of imidazole rings is 1. The molecule has 2 aromatic rings. The molecule has 14 heavy (non-hydrogen) atoms. The SMILES string of the molecule is CCc1cc(F)c2nc(C)cn2c1C. The molecule has 74 valence electrons. The molecule has 2 nitrogen and oxygen atoms in total. The summed E-state index contributed by atoms with van der Waals surface area (Å²) in [5.74, 6) is -0.236. The zero-order chi connectivity index (χ0) is 10.3. The van der Waals surface area contributed by atoms with Gasteiger partial charge in [0, 0.05) is 11.9 Å². The van der Waals surface area contributed by atoms with Crippen LogP contribution in [0.4, 0.5) is 4.39 Å². The lowest BCUT2D eigenvalue weighted by Crippen LogP contribution is -1.99. The number of aromatic nitrogens is 2. The number of hydrogen-bond donors (Lipinski definition) is 0. The zero-order valence-electron chi connectivity index (χ0n) is 8.63. The highest BCUT2D eigenvalue weighted by Gasteiger charge is 2.09. The van der Waals surface area contributed by atoms with Gasteiger partial charge in [-0.25, -0.2) is 9.37 Å². The number of nitrogens with zero attached hydrogens (tertiary/aromatic N) is 2. The summed E-state index contributed by atoms with van der Waals surface area (Å²) < 4.78 is 15.4. The normalized spacial score (nSPS) is 11.1. The van der Waals surface area contributed by atoms with E-state index in [1.54, 1.807) is 6.07 Å². The van der Waals surface area contributed by atoms with Crippen molar-refractivity contribution >= 4 is 5.65 Å². The summed E-state index contributed by atoms with van der Waals surface area (Å²) in [6.45, 7) is 5.89. The first-order valence-corrected chi connectivity index (χ1v) is 4.77. The van der Waals surface area contributed by atoms with E-state index in [4.69, 9.17) is 0 Å². The average Bonchev–Trinajstić information content (AvgIpc) is 2.54. The quantitative estimate of drug-likeness (QED) is 0.679. The third-order valence-electron chi connectivity index (χ3n) is 2.55. The highest BCUT2D eigenvalue weighted by molar-refractivity contribution is 5.46. The summed E-state index contributed by atoms with van der Waals surface area (Å²) in [6.07, 6.45) is 2.71. The van der Waals surface area contributed by atoms with Crippen molar-refractivity contribution in [1.82, 2.24) is 9.38 Å².